The van der Waals surface area contributed by atoms with Crippen LogP contribution in [0.4, 0.5) is 4.39 Å². The number of halogens is 2. The molecule has 0 saturated heterocycles. The quantitative estimate of drug-likeness (QED) is 0.718. The number of hydrogen-bond donors (Lipinski definition) is 2. The van der Waals surface area contributed by atoms with Crippen LogP contribution in [-0.2, 0) is 12.8 Å². The Bertz CT molecular complexity index is 917. The van der Waals surface area contributed by atoms with Crippen molar-refractivity contribution in [1.82, 2.24) is 10.3 Å². The highest BCUT2D eigenvalue weighted by atomic mass is 35.5. The van der Waals surface area contributed by atoms with E-state index in [0.29, 0.717) is 10.6 Å². The average molecular weight is 343 g/mol. The number of amides is 1. The van der Waals surface area contributed by atoms with Crippen LogP contribution in [0.5, 0.6) is 0 Å². The largest absolute Gasteiger partial charge is 0.358 e. The molecule has 0 radical (unpaired) electrons. The Morgan fingerprint density at radius 2 is 2.00 bits per heavy atom. The van der Waals surface area contributed by atoms with Gasteiger partial charge in [-0.25, -0.2) is 4.39 Å². The van der Waals surface area contributed by atoms with Gasteiger partial charge in [-0.1, -0.05) is 17.7 Å². The normalized spacial score (nSPS) is 16.8. The number of carbonyl (C=O) groups excluding carboxylic acids is 1. The first-order chi connectivity index (χ1) is 11.6. The van der Waals surface area contributed by atoms with Crippen LogP contribution < -0.4 is 5.32 Å². The van der Waals surface area contributed by atoms with E-state index in [9.17, 15) is 9.18 Å². The highest BCUT2D eigenvalue weighted by Crippen LogP contribution is 2.30. The number of aromatic nitrogens is 1. The fourth-order valence-corrected chi connectivity index (χ4v) is 3.56. The molecule has 122 valence electrons. The molecule has 0 spiro atoms. The second-order valence-electron chi connectivity index (χ2n) is 6.19. The Morgan fingerprint density at radius 1 is 1.21 bits per heavy atom. The third kappa shape index (κ3) is 2.78. The minimum absolute atomic E-state index is 0.0738. The molecule has 0 bridgehead atoms. The van der Waals surface area contributed by atoms with E-state index in [1.165, 1.54) is 35.5 Å². The molecule has 4 rings (SSSR count). The van der Waals surface area contributed by atoms with Crippen LogP contribution in [-0.4, -0.2) is 16.9 Å². The molecule has 1 amide bonds. The molecular weight excluding hydrogens is 327 g/mol. The lowest BCUT2D eigenvalue weighted by atomic mass is 9.91. The first-order valence-electron chi connectivity index (χ1n) is 7.95. The van der Waals surface area contributed by atoms with Gasteiger partial charge in [0.2, 0.25) is 0 Å². The summed E-state index contributed by atoms with van der Waals surface area (Å²) in [5.74, 6) is -0.502. The van der Waals surface area contributed by atoms with E-state index in [-0.39, 0.29) is 17.8 Å². The van der Waals surface area contributed by atoms with Crippen molar-refractivity contribution >= 4 is 28.4 Å². The second-order valence-corrected chi connectivity index (χ2v) is 6.63. The van der Waals surface area contributed by atoms with E-state index in [1.54, 1.807) is 0 Å². The minimum Gasteiger partial charge on any atom is -0.358 e. The Morgan fingerprint density at radius 3 is 2.79 bits per heavy atom. The number of nitrogens with one attached hydrogen (secondary N) is 2. The first kappa shape index (κ1) is 15.2. The van der Waals surface area contributed by atoms with E-state index in [1.807, 2.05) is 18.2 Å². The van der Waals surface area contributed by atoms with Crippen LogP contribution in [0, 0.1) is 5.82 Å². The van der Waals surface area contributed by atoms with Crippen molar-refractivity contribution in [2.45, 2.75) is 25.3 Å². The van der Waals surface area contributed by atoms with Crippen molar-refractivity contribution in [3.8, 4) is 0 Å². The van der Waals surface area contributed by atoms with Crippen LogP contribution in [0.1, 0.15) is 28.0 Å². The molecule has 2 aromatic carbocycles. The van der Waals surface area contributed by atoms with Crippen LogP contribution >= 0.6 is 11.6 Å². The van der Waals surface area contributed by atoms with E-state index in [2.05, 4.69) is 10.3 Å². The van der Waals surface area contributed by atoms with Gasteiger partial charge < -0.3 is 10.3 Å². The number of carbonyl (C=O) groups is 1. The zero-order chi connectivity index (χ0) is 16.7. The van der Waals surface area contributed by atoms with Crippen molar-refractivity contribution in [3.63, 3.8) is 0 Å². The summed E-state index contributed by atoms with van der Waals surface area (Å²) in [5, 5.41) is 4.93. The minimum atomic E-state index is -0.341. The highest BCUT2D eigenvalue weighted by Gasteiger charge is 2.24. The van der Waals surface area contributed by atoms with Gasteiger partial charge in [-0.15, -0.1) is 0 Å². The SMILES string of the molecule is O=C(NC1CCc2[nH]c3cc(Cl)ccc3c2C1)c1ccc(F)cc1. The first-order valence-corrected chi connectivity index (χ1v) is 8.33. The summed E-state index contributed by atoms with van der Waals surface area (Å²) in [6.45, 7) is 0. The monoisotopic (exact) mass is 342 g/mol. The maximum atomic E-state index is 13.0. The number of hydrogen-bond acceptors (Lipinski definition) is 1. The lowest BCUT2D eigenvalue weighted by Crippen LogP contribution is -2.38. The highest BCUT2D eigenvalue weighted by molar-refractivity contribution is 6.31. The average Bonchev–Trinajstić information content (AvgIpc) is 2.92. The van der Waals surface area contributed by atoms with Crippen LogP contribution in [0.25, 0.3) is 10.9 Å². The van der Waals surface area contributed by atoms with Gasteiger partial charge in [-0.2, -0.15) is 0 Å². The second kappa shape index (κ2) is 5.95. The van der Waals surface area contributed by atoms with Crippen molar-refractivity contribution in [3.05, 3.63) is 70.1 Å². The van der Waals surface area contributed by atoms with Gasteiger partial charge in [0, 0.05) is 33.2 Å². The third-order valence-corrected chi connectivity index (χ3v) is 4.83. The van der Waals surface area contributed by atoms with Gasteiger partial charge in [0.1, 0.15) is 5.82 Å². The molecule has 1 heterocycles. The third-order valence-electron chi connectivity index (χ3n) is 4.59. The predicted octanol–water partition coefficient (Wildman–Crippen LogP) is 4.25. The van der Waals surface area contributed by atoms with E-state index in [4.69, 9.17) is 11.6 Å². The standard InChI is InChI=1S/C19H16ClFN2O/c20-12-3-7-15-16-10-14(6-8-17(16)23-18(15)9-12)22-19(24)11-1-4-13(21)5-2-11/h1-5,7,9,14,23H,6,8,10H2,(H,22,24). The summed E-state index contributed by atoms with van der Waals surface area (Å²) in [4.78, 5) is 15.8. The molecule has 1 aromatic heterocycles. The van der Waals surface area contributed by atoms with Crippen LogP contribution in [0.2, 0.25) is 5.02 Å². The smallest absolute Gasteiger partial charge is 0.251 e. The Labute approximate surface area is 143 Å². The van der Waals surface area contributed by atoms with Crippen LogP contribution in [0.15, 0.2) is 42.5 Å². The predicted molar refractivity (Wildman–Crippen MR) is 93.0 cm³/mol. The lowest BCUT2D eigenvalue weighted by molar-refractivity contribution is 0.0933. The molecule has 1 aliphatic rings. The van der Waals surface area contributed by atoms with E-state index < -0.39 is 0 Å². The molecule has 5 heteroatoms. The number of H-pyrrole nitrogens is 1. The Hall–Kier alpha value is -2.33. The van der Waals surface area contributed by atoms with Crippen molar-refractivity contribution in [2.24, 2.45) is 0 Å². The fourth-order valence-electron chi connectivity index (χ4n) is 3.39. The summed E-state index contributed by atoms with van der Waals surface area (Å²) in [6.07, 6.45) is 2.54. The molecule has 1 atom stereocenters. The van der Waals surface area contributed by atoms with Crippen molar-refractivity contribution < 1.29 is 9.18 Å². The number of benzene rings is 2. The number of aromatic amines is 1. The van der Waals surface area contributed by atoms with Gasteiger partial charge in [0.25, 0.3) is 5.91 Å². The number of aryl methyl sites for hydroxylation is 1. The molecule has 24 heavy (non-hydrogen) atoms. The van der Waals surface area contributed by atoms with Crippen molar-refractivity contribution in [2.75, 3.05) is 0 Å². The summed E-state index contributed by atoms with van der Waals surface area (Å²) < 4.78 is 13.0. The molecule has 0 saturated carbocycles. The lowest BCUT2D eigenvalue weighted by Gasteiger charge is -2.23. The molecule has 3 aromatic rings. The Kier molecular flexibility index (Phi) is 3.77. The number of fused-ring (bicyclic) bond motifs is 3. The molecular formula is C19H16ClFN2O. The number of rotatable bonds is 2. The van der Waals surface area contributed by atoms with Gasteiger partial charge in [-0.3, -0.25) is 4.79 Å². The van der Waals surface area contributed by atoms with E-state index in [0.717, 1.165) is 30.2 Å². The zero-order valence-corrected chi connectivity index (χ0v) is 13.7. The fraction of sp³-hybridized carbons (Fsp3) is 0.211. The van der Waals surface area contributed by atoms with Crippen LogP contribution in [0.3, 0.4) is 0 Å². The maximum absolute atomic E-state index is 13.0. The molecule has 2 N–H and O–H groups in total. The molecule has 0 aliphatic heterocycles. The summed E-state index contributed by atoms with van der Waals surface area (Å²) in [6, 6.07) is 11.5. The van der Waals surface area contributed by atoms with Crippen molar-refractivity contribution in [1.29, 1.82) is 0 Å². The van der Waals surface area contributed by atoms with E-state index >= 15 is 0 Å². The molecule has 1 aliphatic carbocycles. The van der Waals surface area contributed by atoms with Gasteiger partial charge >= 0.3 is 0 Å². The summed E-state index contributed by atoms with van der Waals surface area (Å²) >= 11 is 6.06. The summed E-state index contributed by atoms with van der Waals surface area (Å²) in [7, 11) is 0. The zero-order valence-electron chi connectivity index (χ0n) is 12.9. The summed E-state index contributed by atoms with van der Waals surface area (Å²) in [5.41, 5.74) is 3.99. The Balaban J connectivity index is 1.54. The molecule has 0 fully saturated rings. The van der Waals surface area contributed by atoms with Gasteiger partial charge in [0.15, 0.2) is 0 Å². The molecule has 3 nitrogen and oxygen atoms in total. The van der Waals surface area contributed by atoms with Gasteiger partial charge in [0.05, 0.1) is 0 Å². The molecule has 1 unspecified atom stereocenters. The topological polar surface area (TPSA) is 44.9 Å². The maximum Gasteiger partial charge on any atom is 0.251 e. The van der Waals surface area contributed by atoms with Gasteiger partial charge in [-0.05, 0) is 61.2 Å².